The number of amides is 1. The first-order valence-corrected chi connectivity index (χ1v) is 5.84. The second-order valence-corrected chi connectivity index (χ2v) is 3.98. The smallest absolute Gasteiger partial charge is 0.241 e. The SMILES string of the molecule is C=CCC(N)C(=O)Nc1ccc(-n2cccn2)nc1. The van der Waals surface area contributed by atoms with Crippen LogP contribution in [0.2, 0.25) is 0 Å². The van der Waals surface area contributed by atoms with E-state index in [9.17, 15) is 4.79 Å². The van der Waals surface area contributed by atoms with Crippen LogP contribution in [0.15, 0.2) is 49.4 Å². The molecule has 2 heterocycles. The highest BCUT2D eigenvalue weighted by Crippen LogP contribution is 2.09. The minimum absolute atomic E-state index is 0.256. The van der Waals surface area contributed by atoms with E-state index in [1.165, 1.54) is 0 Å². The molecular formula is C13H15N5O. The van der Waals surface area contributed by atoms with Gasteiger partial charge in [0, 0.05) is 12.4 Å². The second kappa shape index (κ2) is 5.92. The third-order valence-corrected chi connectivity index (χ3v) is 2.51. The minimum atomic E-state index is -0.594. The molecule has 0 spiro atoms. The van der Waals surface area contributed by atoms with Crippen LogP contribution in [-0.2, 0) is 4.79 Å². The Morgan fingerprint density at radius 2 is 2.42 bits per heavy atom. The summed E-state index contributed by atoms with van der Waals surface area (Å²) in [6, 6.07) is 4.74. The molecule has 19 heavy (non-hydrogen) atoms. The summed E-state index contributed by atoms with van der Waals surface area (Å²) in [4.78, 5) is 15.9. The quantitative estimate of drug-likeness (QED) is 0.786. The fraction of sp³-hybridized carbons (Fsp3) is 0.154. The summed E-state index contributed by atoms with van der Waals surface area (Å²) < 4.78 is 1.63. The molecular weight excluding hydrogens is 242 g/mol. The number of hydrogen-bond acceptors (Lipinski definition) is 4. The predicted octanol–water partition coefficient (Wildman–Crippen LogP) is 1.11. The topological polar surface area (TPSA) is 85.8 Å². The highest BCUT2D eigenvalue weighted by molar-refractivity contribution is 5.94. The van der Waals surface area contributed by atoms with Crippen LogP contribution in [0.5, 0.6) is 0 Å². The number of nitrogens with zero attached hydrogens (tertiary/aromatic N) is 3. The average Bonchev–Trinajstić information content (AvgIpc) is 2.94. The highest BCUT2D eigenvalue weighted by Gasteiger charge is 2.11. The zero-order valence-electron chi connectivity index (χ0n) is 10.4. The standard InChI is InChI=1S/C13H15N5O/c1-2-4-11(14)13(19)17-10-5-6-12(15-9-10)18-8-3-7-16-18/h2-3,5-9,11H,1,4,14H2,(H,17,19). The van der Waals surface area contributed by atoms with Gasteiger partial charge in [-0.25, -0.2) is 9.67 Å². The largest absolute Gasteiger partial charge is 0.323 e. The maximum Gasteiger partial charge on any atom is 0.241 e. The summed E-state index contributed by atoms with van der Waals surface area (Å²) in [6.45, 7) is 3.55. The molecule has 1 unspecified atom stereocenters. The summed E-state index contributed by atoms with van der Waals surface area (Å²) in [5.41, 5.74) is 6.26. The van der Waals surface area contributed by atoms with Crippen molar-refractivity contribution in [2.24, 2.45) is 5.73 Å². The normalized spacial score (nSPS) is 11.8. The Bertz CT molecular complexity index is 547. The van der Waals surface area contributed by atoms with Crippen molar-refractivity contribution in [2.75, 3.05) is 5.32 Å². The van der Waals surface area contributed by atoms with Gasteiger partial charge >= 0.3 is 0 Å². The molecule has 0 aliphatic rings. The van der Waals surface area contributed by atoms with E-state index in [2.05, 4.69) is 22.0 Å². The molecule has 0 saturated heterocycles. The maximum absolute atomic E-state index is 11.7. The van der Waals surface area contributed by atoms with Crippen LogP contribution in [0.25, 0.3) is 5.82 Å². The third kappa shape index (κ3) is 3.26. The van der Waals surface area contributed by atoms with Crippen LogP contribution >= 0.6 is 0 Å². The van der Waals surface area contributed by atoms with Crippen molar-refractivity contribution in [2.45, 2.75) is 12.5 Å². The molecule has 0 aromatic carbocycles. The number of pyridine rings is 1. The van der Waals surface area contributed by atoms with Gasteiger partial charge in [-0.1, -0.05) is 6.08 Å². The molecule has 0 saturated carbocycles. The van der Waals surface area contributed by atoms with Crippen molar-refractivity contribution in [3.05, 3.63) is 49.4 Å². The molecule has 6 heteroatoms. The molecule has 3 N–H and O–H groups in total. The van der Waals surface area contributed by atoms with Crippen molar-refractivity contribution in [1.82, 2.24) is 14.8 Å². The van der Waals surface area contributed by atoms with Crippen LogP contribution in [0.1, 0.15) is 6.42 Å². The van der Waals surface area contributed by atoms with Gasteiger partial charge in [-0.05, 0) is 24.6 Å². The number of anilines is 1. The van der Waals surface area contributed by atoms with E-state index < -0.39 is 6.04 Å². The lowest BCUT2D eigenvalue weighted by atomic mass is 10.2. The van der Waals surface area contributed by atoms with Crippen LogP contribution in [0.4, 0.5) is 5.69 Å². The van der Waals surface area contributed by atoms with E-state index in [0.717, 1.165) is 0 Å². The summed E-state index contributed by atoms with van der Waals surface area (Å²) in [6.07, 6.45) is 7.08. The van der Waals surface area contributed by atoms with E-state index in [0.29, 0.717) is 17.9 Å². The van der Waals surface area contributed by atoms with Gasteiger partial charge in [-0.15, -0.1) is 6.58 Å². The molecule has 1 atom stereocenters. The second-order valence-electron chi connectivity index (χ2n) is 3.98. The molecule has 98 valence electrons. The zero-order valence-corrected chi connectivity index (χ0v) is 10.4. The van der Waals surface area contributed by atoms with Crippen molar-refractivity contribution in [1.29, 1.82) is 0 Å². The van der Waals surface area contributed by atoms with Crippen molar-refractivity contribution in [3.63, 3.8) is 0 Å². The first kappa shape index (κ1) is 13.0. The maximum atomic E-state index is 11.7. The van der Waals surface area contributed by atoms with Gasteiger partial charge in [0.1, 0.15) is 0 Å². The molecule has 0 aliphatic carbocycles. The van der Waals surface area contributed by atoms with Gasteiger partial charge in [0.2, 0.25) is 5.91 Å². The predicted molar refractivity (Wildman–Crippen MR) is 72.8 cm³/mol. The van der Waals surface area contributed by atoms with Gasteiger partial charge in [0.05, 0.1) is 17.9 Å². The van der Waals surface area contributed by atoms with Crippen LogP contribution in [0, 0.1) is 0 Å². The van der Waals surface area contributed by atoms with Crippen LogP contribution in [-0.4, -0.2) is 26.7 Å². The Hall–Kier alpha value is -2.47. The van der Waals surface area contributed by atoms with E-state index >= 15 is 0 Å². The number of nitrogens with one attached hydrogen (secondary N) is 1. The molecule has 1 amide bonds. The number of aromatic nitrogens is 3. The number of rotatable bonds is 5. The molecule has 6 nitrogen and oxygen atoms in total. The van der Waals surface area contributed by atoms with Gasteiger partial charge in [-0.2, -0.15) is 5.10 Å². The first-order chi connectivity index (χ1) is 9.20. The van der Waals surface area contributed by atoms with E-state index in [-0.39, 0.29) is 5.91 Å². The van der Waals surface area contributed by atoms with Crippen molar-refractivity contribution >= 4 is 11.6 Å². The third-order valence-electron chi connectivity index (χ3n) is 2.51. The van der Waals surface area contributed by atoms with Gasteiger partial charge < -0.3 is 11.1 Å². The molecule has 0 bridgehead atoms. The van der Waals surface area contributed by atoms with Crippen LogP contribution in [0.3, 0.4) is 0 Å². The lowest BCUT2D eigenvalue weighted by Gasteiger charge is -2.10. The number of carbonyl (C=O) groups excluding carboxylic acids is 1. The molecule has 0 radical (unpaired) electrons. The lowest BCUT2D eigenvalue weighted by Crippen LogP contribution is -2.35. The zero-order chi connectivity index (χ0) is 13.7. The van der Waals surface area contributed by atoms with Crippen molar-refractivity contribution < 1.29 is 4.79 Å². The summed E-state index contributed by atoms with van der Waals surface area (Å²) in [5, 5.41) is 6.76. The highest BCUT2D eigenvalue weighted by atomic mass is 16.2. The van der Waals surface area contributed by atoms with E-state index in [1.54, 1.807) is 41.5 Å². The Labute approximate surface area is 111 Å². The summed E-state index contributed by atoms with van der Waals surface area (Å²) in [7, 11) is 0. The Kier molecular flexibility index (Phi) is 4.04. The Morgan fingerprint density at radius 1 is 1.58 bits per heavy atom. The summed E-state index contributed by atoms with van der Waals surface area (Å²) in [5.74, 6) is 0.423. The molecule has 2 rings (SSSR count). The fourth-order valence-corrected chi connectivity index (χ4v) is 1.52. The monoisotopic (exact) mass is 257 g/mol. The summed E-state index contributed by atoms with van der Waals surface area (Å²) >= 11 is 0. The average molecular weight is 257 g/mol. The first-order valence-electron chi connectivity index (χ1n) is 5.84. The Morgan fingerprint density at radius 3 is 3.00 bits per heavy atom. The Balaban J connectivity index is 2.03. The van der Waals surface area contributed by atoms with Crippen LogP contribution < -0.4 is 11.1 Å². The van der Waals surface area contributed by atoms with Gasteiger partial charge in [0.15, 0.2) is 5.82 Å². The van der Waals surface area contributed by atoms with Gasteiger partial charge in [-0.3, -0.25) is 4.79 Å². The van der Waals surface area contributed by atoms with E-state index in [1.807, 2.05) is 6.07 Å². The molecule has 0 fully saturated rings. The molecule has 2 aromatic rings. The molecule has 0 aliphatic heterocycles. The number of nitrogens with two attached hydrogens (primary N) is 1. The van der Waals surface area contributed by atoms with Gasteiger partial charge in [0.25, 0.3) is 0 Å². The van der Waals surface area contributed by atoms with Crippen molar-refractivity contribution in [3.8, 4) is 5.82 Å². The van der Waals surface area contributed by atoms with E-state index in [4.69, 9.17) is 5.73 Å². The lowest BCUT2D eigenvalue weighted by molar-refractivity contribution is -0.117. The minimum Gasteiger partial charge on any atom is -0.323 e. The number of carbonyl (C=O) groups is 1. The fourth-order valence-electron chi connectivity index (χ4n) is 1.52. The molecule has 2 aromatic heterocycles. The number of hydrogen-bond donors (Lipinski definition) is 2.